The van der Waals surface area contributed by atoms with Crippen molar-refractivity contribution in [1.82, 2.24) is 9.62 Å². The molecule has 0 spiro atoms. The Balaban J connectivity index is 2.53. The third-order valence-corrected chi connectivity index (χ3v) is 5.18. The van der Waals surface area contributed by atoms with Crippen molar-refractivity contribution in [2.45, 2.75) is 12.2 Å². The van der Waals surface area contributed by atoms with Crippen LogP contribution < -0.4 is 5.32 Å². The molecule has 0 aromatic heterocycles. The summed E-state index contributed by atoms with van der Waals surface area (Å²) in [6.07, 6.45) is 0. The van der Waals surface area contributed by atoms with Crippen LogP contribution in [-0.2, 0) is 10.0 Å². The molecule has 1 fully saturated rings. The van der Waals surface area contributed by atoms with E-state index >= 15 is 0 Å². The number of nitrogens with zero attached hydrogens (tertiary/aromatic N) is 1. The van der Waals surface area contributed by atoms with Crippen LogP contribution in [0.15, 0.2) is 0 Å². The Kier molecular flexibility index (Phi) is 4.69. The van der Waals surface area contributed by atoms with Gasteiger partial charge in [-0.3, -0.25) is 0 Å². The lowest BCUT2D eigenvalue weighted by Crippen LogP contribution is -2.43. The highest BCUT2D eigenvalue weighted by Gasteiger charge is 2.26. The van der Waals surface area contributed by atoms with Gasteiger partial charge in [-0.05, 0) is 7.05 Å². The van der Waals surface area contributed by atoms with Crippen molar-refractivity contribution in [2.24, 2.45) is 0 Å². The molecular formula is C8H18N2O2S2. The van der Waals surface area contributed by atoms with E-state index in [-0.39, 0.29) is 5.75 Å². The van der Waals surface area contributed by atoms with Crippen LogP contribution in [0.1, 0.15) is 6.92 Å². The second-order valence-corrected chi connectivity index (χ2v) is 7.09. The zero-order chi connectivity index (χ0) is 10.6. The van der Waals surface area contributed by atoms with E-state index in [9.17, 15) is 8.42 Å². The Morgan fingerprint density at radius 1 is 1.57 bits per heavy atom. The third-order valence-electron chi connectivity index (χ3n) is 2.21. The predicted molar refractivity (Wildman–Crippen MR) is 61.2 cm³/mol. The zero-order valence-electron chi connectivity index (χ0n) is 8.69. The predicted octanol–water partition coefficient (Wildman–Crippen LogP) is -0.0271. The molecule has 1 atom stereocenters. The number of rotatable bonds is 4. The maximum Gasteiger partial charge on any atom is 0.215 e. The largest absolute Gasteiger partial charge is 0.319 e. The van der Waals surface area contributed by atoms with Crippen molar-refractivity contribution in [3.05, 3.63) is 0 Å². The highest BCUT2D eigenvalue weighted by atomic mass is 32.2. The lowest BCUT2D eigenvalue weighted by atomic mass is 10.4. The fourth-order valence-corrected chi connectivity index (χ4v) is 4.16. The SMILES string of the molecule is CNCCS(=O)(=O)N1CCSC(C)C1. The molecule has 1 saturated heterocycles. The molecule has 1 aliphatic rings. The van der Waals surface area contributed by atoms with E-state index in [1.54, 1.807) is 11.4 Å². The van der Waals surface area contributed by atoms with E-state index < -0.39 is 10.0 Å². The van der Waals surface area contributed by atoms with Gasteiger partial charge in [0.05, 0.1) is 5.75 Å². The van der Waals surface area contributed by atoms with Crippen LogP contribution >= 0.6 is 11.8 Å². The molecule has 0 radical (unpaired) electrons. The van der Waals surface area contributed by atoms with Crippen molar-refractivity contribution < 1.29 is 8.42 Å². The summed E-state index contributed by atoms with van der Waals surface area (Å²) >= 11 is 1.84. The molecule has 1 heterocycles. The number of thioether (sulfide) groups is 1. The van der Waals surface area contributed by atoms with Crippen molar-refractivity contribution >= 4 is 21.8 Å². The van der Waals surface area contributed by atoms with Crippen molar-refractivity contribution in [1.29, 1.82) is 0 Å². The van der Waals surface area contributed by atoms with Crippen molar-refractivity contribution in [3.63, 3.8) is 0 Å². The first-order valence-corrected chi connectivity index (χ1v) is 7.46. The third kappa shape index (κ3) is 3.42. The van der Waals surface area contributed by atoms with Gasteiger partial charge in [-0.25, -0.2) is 8.42 Å². The van der Waals surface area contributed by atoms with Gasteiger partial charge in [0.15, 0.2) is 0 Å². The van der Waals surface area contributed by atoms with Crippen molar-refractivity contribution in [3.8, 4) is 0 Å². The number of nitrogens with one attached hydrogen (secondary N) is 1. The molecule has 6 heteroatoms. The van der Waals surface area contributed by atoms with E-state index in [1.807, 2.05) is 11.8 Å². The quantitative estimate of drug-likeness (QED) is 0.747. The number of sulfonamides is 1. The van der Waals surface area contributed by atoms with Crippen molar-refractivity contribution in [2.75, 3.05) is 38.2 Å². The van der Waals surface area contributed by atoms with E-state index in [2.05, 4.69) is 12.2 Å². The summed E-state index contributed by atoms with van der Waals surface area (Å²) < 4.78 is 25.2. The van der Waals surface area contributed by atoms with Crippen LogP contribution in [0.2, 0.25) is 0 Å². The van der Waals surface area contributed by atoms with Gasteiger partial charge >= 0.3 is 0 Å². The van der Waals surface area contributed by atoms with Crippen LogP contribution in [0.3, 0.4) is 0 Å². The Morgan fingerprint density at radius 2 is 2.29 bits per heavy atom. The fourth-order valence-electron chi connectivity index (χ4n) is 1.40. The molecule has 0 saturated carbocycles. The topological polar surface area (TPSA) is 49.4 Å². The monoisotopic (exact) mass is 238 g/mol. The minimum absolute atomic E-state index is 0.209. The molecule has 0 bridgehead atoms. The molecule has 1 unspecified atom stereocenters. The van der Waals surface area contributed by atoms with Crippen LogP contribution in [0.4, 0.5) is 0 Å². The van der Waals surface area contributed by atoms with E-state index in [4.69, 9.17) is 0 Å². The molecule has 1 aliphatic heterocycles. The van der Waals surface area contributed by atoms with Gasteiger partial charge in [-0.1, -0.05) is 6.92 Å². The molecule has 1 N–H and O–H groups in total. The summed E-state index contributed by atoms with van der Waals surface area (Å²) in [5.41, 5.74) is 0. The maximum absolute atomic E-state index is 11.8. The average molecular weight is 238 g/mol. The second kappa shape index (κ2) is 5.34. The maximum atomic E-state index is 11.8. The average Bonchev–Trinajstić information content (AvgIpc) is 2.15. The second-order valence-electron chi connectivity index (χ2n) is 3.46. The first-order chi connectivity index (χ1) is 6.56. The van der Waals surface area contributed by atoms with Crippen LogP contribution in [0, 0.1) is 0 Å². The lowest BCUT2D eigenvalue weighted by molar-refractivity contribution is 0.423. The Hall–Kier alpha value is 0.220. The minimum Gasteiger partial charge on any atom is -0.319 e. The zero-order valence-corrected chi connectivity index (χ0v) is 10.3. The molecular weight excluding hydrogens is 220 g/mol. The first kappa shape index (κ1) is 12.3. The summed E-state index contributed by atoms with van der Waals surface area (Å²) in [6, 6.07) is 0. The van der Waals surface area contributed by atoms with Gasteiger partial charge in [0, 0.05) is 30.6 Å². The summed E-state index contributed by atoms with van der Waals surface area (Å²) in [7, 11) is -1.25. The molecule has 0 amide bonds. The summed E-state index contributed by atoms with van der Waals surface area (Å²) in [4.78, 5) is 0. The number of hydrogen-bond donors (Lipinski definition) is 1. The molecule has 84 valence electrons. The fraction of sp³-hybridized carbons (Fsp3) is 1.00. The standard InChI is InChI=1S/C8H18N2O2S2/c1-8-7-10(4-5-13-8)14(11,12)6-3-9-2/h8-9H,3-7H2,1-2H3. The van der Waals surface area contributed by atoms with E-state index in [0.717, 1.165) is 5.75 Å². The summed E-state index contributed by atoms with van der Waals surface area (Å²) in [5.74, 6) is 1.13. The molecule has 0 aliphatic carbocycles. The Bertz CT molecular complexity index is 267. The first-order valence-electron chi connectivity index (χ1n) is 4.80. The highest BCUT2D eigenvalue weighted by Crippen LogP contribution is 2.19. The smallest absolute Gasteiger partial charge is 0.215 e. The molecule has 4 nitrogen and oxygen atoms in total. The molecule has 14 heavy (non-hydrogen) atoms. The van der Waals surface area contributed by atoms with Crippen LogP contribution in [0.5, 0.6) is 0 Å². The van der Waals surface area contributed by atoms with Gasteiger partial charge in [0.1, 0.15) is 0 Å². The van der Waals surface area contributed by atoms with Gasteiger partial charge in [0.2, 0.25) is 10.0 Å². The molecule has 1 rings (SSSR count). The minimum atomic E-state index is -3.02. The van der Waals surface area contributed by atoms with Gasteiger partial charge < -0.3 is 5.32 Å². The molecule has 0 aromatic rings. The summed E-state index contributed by atoms with van der Waals surface area (Å²) in [5, 5.41) is 3.29. The normalized spacial score (nSPS) is 25.1. The van der Waals surface area contributed by atoms with Gasteiger partial charge in [-0.15, -0.1) is 0 Å². The number of hydrogen-bond acceptors (Lipinski definition) is 4. The molecule has 0 aromatic carbocycles. The Labute approximate surface area is 90.5 Å². The van der Waals surface area contributed by atoms with Gasteiger partial charge in [0.25, 0.3) is 0 Å². The van der Waals surface area contributed by atoms with Crippen LogP contribution in [-0.4, -0.2) is 56.2 Å². The van der Waals surface area contributed by atoms with E-state index in [0.29, 0.717) is 24.9 Å². The van der Waals surface area contributed by atoms with Crippen LogP contribution in [0.25, 0.3) is 0 Å². The summed E-state index contributed by atoms with van der Waals surface area (Å²) in [6.45, 7) is 3.93. The van der Waals surface area contributed by atoms with E-state index in [1.165, 1.54) is 0 Å². The van der Waals surface area contributed by atoms with Gasteiger partial charge in [-0.2, -0.15) is 16.1 Å². The lowest BCUT2D eigenvalue weighted by Gasteiger charge is -2.29. The highest BCUT2D eigenvalue weighted by molar-refractivity contribution is 8.00. The Morgan fingerprint density at radius 3 is 2.86 bits per heavy atom.